The maximum atomic E-state index is 6.34. The van der Waals surface area contributed by atoms with Crippen molar-refractivity contribution in [1.29, 1.82) is 0 Å². The van der Waals surface area contributed by atoms with E-state index in [1.807, 2.05) is 42.5 Å². The molecule has 1 N–H and O–H groups in total. The summed E-state index contributed by atoms with van der Waals surface area (Å²) in [6, 6.07) is 14.3. The number of pyridine rings is 1. The van der Waals surface area contributed by atoms with Gasteiger partial charge in [-0.1, -0.05) is 41.9 Å². The van der Waals surface area contributed by atoms with Crippen LogP contribution in [-0.4, -0.2) is 11.5 Å². The van der Waals surface area contributed by atoms with Gasteiger partial charge in [-0.05, 0) is 31.0 Å². The molecule has 3 heterocycles. The summed E-state index contributed by atoms with van der Waals surface area (Å²) in [7, 11) is 0. The molecule has 1 atom stereocenters. The van der Waals surface area contributed by atoms with Crippen LogP contribution in [0, 0.1) is 0 Å². The van der Waals surface area contributed by atoms with E-state index in [1.165, 1.54) is 6.42 Å². The van der Waals surface area contributed by atoms with E-state index in [1.54, 1.807) is 0 Å². The van der Waals surface area contributed by atoms with Gasteiger partial charge in [0.15, 0.2) is 5.58 Å². The summed E-state index contributed by atoms with van der Waals surface area (Å²) in [6.45, 7) is 1.05. The number of hydrogen-bond donors (Lipinski definition) is 1. The molecule has 3 nitrogen and oxygen atoms in total. The highest BCUT2D eigenvalue weighted by Crippen LogP contribution is 2.33. The van der Waals surface area contributed by atoms with E-state index < -0.39 is 0 Å². The first-order chi connectivity index (χ1) is 10.3. The van der Waals surface area contributed by atoms with Gasteiger partial charge in [-0.25, -0.2) is 4.98 Å². The van der Waals surface area contributed by atoms with Crippen molar-refractivity contribution in [3.63, 3.8) is 0 Å². The fourth-order valence-corrected chi connectivity index (χ4v) is 3.14. The van der Waals surface area contributed by atoms with Gasteiger partial charge < -0.3 is 9.73 Å². The molecule has 1 fully saturated rings. The minimum Gasteiger partial charge on any atom is -0.458 e. The fourth-order valence-electron chi connectivity index (χ4n) is 2.88. The Morgan fingerprint density at radius 1 is 1.19 bits per heavy atom. The zero-order chi connectivity index (χ0) is 14.2. The zero-order valence-corrected chi connectivity index (χ0v) is 12.2. The smallest absolute Gasteiger partial charge is 0.153 e. The van der Waals surface area contributed by atoms with E-state index >= 15 is 0 Å². The maximum Gasteiger partial charge on any atom is 0.153 e. The summed E-state index contributed by atoms with van der Waals surface area (Å²) in [5.41, 5.74) is 3.57. The molecule has 0 aliphatic carbocycles. The van der Waals surface area contributed by atoms with Gasteiger partial charge in [-0.15, -0.1) is 0 Å². The van der Waals surface area contributed by atoms with Crippen LogP contribution in [0.25, 0.3) is 22.2 Å². The van der Waals surface area contributed by atoms with Crippen LogP contribution < -0.4 is 5.32 Å². The number of rotatable bonds is 2. The predicted octanol–water partition coefficient (Wildman–Crippen LogP) is 4.57. The second-order valence-corrected chi connectivity index (χ2v) is 5.73. The third-order valence-electron chi connectivity index (χ3n) is 3.96. The lowest BCUT2D eigenvalue weighted by molar-refractivity contribution is 0.471. The summed E-state index contributed by atoms with van der Waals surface area (Å²) in [4.78, 5) is 4.49. The third kappa shape index (κ3) is 2.33. The van der Waals surface area contributed by atoms with Crippen LogP contribution in [0.1, 0.15) is 24.6 Å². The van der Waals surface area contributed by atoms with Crippen molar-refractivity contribution in [3.8, 4) is 11.1 Å². The molecule has 106 valence electrons. The van der Waals surface area contributed by atoms with Crippen LogP contribution in [0.3, 0.4) is 0 Å². The number of aromatic nitrogens is 1. The summed E-state index contributed by atoms with van der Waals surface area (Å²) >= 11 is 6.34. The normalized spacial score (nSPS) is 18.4. The van der Waals surface area contributed by atoms with Gasteiger partial charge in [0.05, 0.1) is 6.04 Å². The van der Waals surface area contributed by atoms with Crippen molar-refractivity contribution in [2.45, 2.75) is 18.9 Å². The molecule has 2 aromatic heterocycles. The van der Waals surface area contributed by atoms with Crippen LogP contribution in [-0.2, 0) is 0 Å². The average molecular weight is 299 g/mol. The van der Waals surface area contributed by atoms with Gasteiger partial charge in [0.2, 0.25) is 0 Å². The van der Waals surface area contributed by atoms with E-state index in [0.29, 0.717) is 11.2 Å². The summed E-state index contributed by atoms with van der Waals surface area (Å²) < 4.78 is 5.99. The second kappa shape index (κ2) is 5.17. The first-order valence-corrected chi connectivity index (χ1v) is 7.58. The molecule has 1 aromatic carbocycles. The fraction of sp³-hybridized carbons (Fsp3) is 0.235. The molecule has 0 bridgehead atoms. The van der Waals surface area contributed by atoms with Crippen LogP contribution in [0.5, 0.6) is 0 Å². The molecule has 0 spiro atoms. The molecule has 3 aromatic rings. The first kappa shape index (κ1) is 12.9. The Morgan fingerprint density at radius 3 is 2.81 bits per heavy atom. The van der Waals surface area contributed by atoms with Crippen molar-refractivity contribution in [2.24, 2.45) is 0 Å². The molecule has 0 unspecified atom stereocenters. The number of furan rings is 1. The topological polar surface area (TPSA) is 38.1 Å². The largest absolute Gasteiger partial charge is 0.458 e. The van der Waals surface area contributed by atoms with E-state index in [9.17, 15) is 0 Å². The highest BCUT2D eigenvalue weighted by Gasteiger charge is 2.21. The molecule has 1 aliphatic heterocycles. The van der Waals surface area contributed by atoms with Crippen LogP contribution in [0.4, 0.5) is 0 Å². The van der Waals surface area contributed by atoms with E-state index in [2.05, 4.69) is 10.3 Å². The highest BCUT2D eigenvalue weighted by atomic mass is 35.5. The van der Waals surface area contributed by atoms with Gasteiger partial charge >= 0.3 is 0 Å². The lowest BCUT2D eigenvalue weighted by atomic mass is 10.1. The summed E-state index contributed by atoms with van der Waals surface area (Å²) in [5, 5.41) is 3.95. The summed E-state index contributed by atoms with van der Waals surface area (Å²) in [5.74, 6) is 0.955. The van der Waals surface area contributed by atoms with Gasteiger partial charge in [-0.3, -0.25) is 0 Å². The third-order valence-corrected chi connectivity index (χ3v) is 4.25. The van der Waals surface area contributed by atoms with Crippen molar-refractivity contribution in [1.82, 2.24) is 10.3 Å². The molecular formula is C17H15ClN2O. The van der Waals surface area contributed by atoms with E-state index in [-0.39, 0.29) is 0 Å². The van der Waals surface area contributed by atoms with Crippen LogP contribution >= 0.6 is 11.6 Å². The Labute approximate surface area is 127 Å². The Kier molecular flexibility index (Phi) is 3.17. The Balaban J connectivity index is 1.81. The minimum absolute atomic E-state index is 0.304. The van der Waals surface area contributed by atoms with Gasteiger partial charge in [0.25, 0.3) is 0 Å². The molecule has 1 aliphatic rings. The SMILES string of the molecule is Clc1nc2cc([C@H]3CCCN3)oc2cc1-c1ccccc1. The second-order valence-electron chi connectivity index (χ2n) is 5.37. The Bertz CT molecular complexity index is 776. The molecule has 1 saturated heterocycles. The number of nitrogens with one attached hydrogen (secondary N) is 1. The lowest BCUT2D eigenvalue weighted by Gasteiger charge is -2.04. The maximum absolute atomic E-state index is 6.34. The van der Waals surface area contributed by atoms with E-state index in [0.717, 1.165) is 41.0 Å². The van der Waals surface area contributed by atoms with Gasteiger partial charge in [0.1, 0.15) is 16.4 Å². The van der Waals surface area contributed by atoms with Gasteiger partial charge in [0, 0.05) is 11.6 Å². The highest BCUT2D eigenvalue weighted by molar-refractivity contribution is 6.32. The van der Waals surface area contributed by atoms with Gasteiger partial charge in [-0.2, -0.15) is 0 Å². The van der Waals surface area contributed by atoms with Crippen molar-refractivity contribution < 1.29 is 4.42 Å². The molecule has 4 rings (SSSR count). The number of fused-ring (bicyclic) bond motifs is 1. The first-order valence-electron chi connectivity index (χ1n) is 7.20. The molecule has 4 heteroatoms. The van der Waals surface area contributed by atoms with Crippen molar-refractivity contribution in [3.05, 3.63) is 53.4 Å². The molecule has 21 heavy (non-hydrogen) atoms. The molecule has 0 radical (unpaired) electrons. The van der Waals surface area contributed by atoms with Crippen molar-refractivity contribution >= 4 is 22.7 Å². The number of hydrogen-bond acceptors (Lipinski definition) is 3. The molecular weight excluding hydrogens is 284 g/mol. The Hall–Kier alpha value is -1.84. The molecule has 0 saturated carbocycles. The monoisotopic (exact) mass is 298 g/mol. The quantitative estimate of drug-likeness (QED) is 0.704. The van der Waals surface area contributed by atoms with Crippen LogP contribution in [0.15, 0.2) is 46.9 Å². The standard InChI is InChI=1S/C17H15ClN2O/c18-17-12(11-5-2-1-3-6-11)9-15-14(20-17)10-16(21-15)13-7-4-8-19-13/h1-3,5-6,9-10,13,19H,4,7-8H2/t13-/m1/s1. The lowest BCUT2D eigenvalue weighted by Crippen LogP contribution is -2.11. The number of nitrogens with zero attached hydrogens (tertiary/aromatic N) is 1. The number of halogens is 1. The minimum atomic E-state index is 0.304. The number of benzene rings is 1. The zero-order valence-electron chi connectivity index (χ0n) is 11.5. The predicted molar refractivity (Wildman–Crippen MR) is 84.4 cm³/mol. The van der Waals surface area contributed by atoms with E-state index in [4.69, 9.17) is 16.0 Å². The summed E-state index contributed by atoms with van der Waals surface area (Å²) in [6.07, 6.45) is 2.30. The molecule has 0 amide bonds. The van der Waals surface area contributed by atoms with Crippen molar-refractivity contribution in [2.75, 3.05) is 6.54 Å². The average Bonchev–Trinajstić information content (AvgIpc) is 3.16. The van der Waals surface area contributed by atoms with Crippen LogP contribution in [0.2, 0.25) is 5.15 Å². The Morgan fingerprint density at radius 2 is 2.05 bits per heavy atom.